The van der Waals surface area contributed by atoms with Crippen LogP contribution in [0.2, 0.25) is 0 Å². The molecule has 2 rings (SSSR count). The summed E-state index contributed by atoms with van der Waals surface area (Å²) in [4.78, 5) is 20.8. The Morgan fingerprint density at radius 1 is 0.909 bits per heavy atom. The molecule has 6 heteroatoms. The molecule has 6 nitrogen and oxygen atoms in total. The Morgan fingerprint density at radius 2 is 1.45 bits per heavy atom. The van der Waals surface area contributed by atoms with E-state index in [1.54, 1.807) is 0 Å². The van der Waals surface area contributed by atoms with Gasteiger partial charge in [0.15, 0.2) is 0 Å². The van der Waals surface area contributed by atoms with Gasteiger partial charge in [-0.3, -0.25) is 20.2 Å². The monoisotopic (exact) mass is 299 g/mol. The van der Waals surface area contributed by atoms with Gasteiger partial charge in [0.2, 0.25) is 0 Å². The van der Waals surface area contributed by atoms with Gasteiger partial charge in [-0.15, -0.1) is 0 Å². The summed E-state index contributed by atoms with van der Waals surface area (Å²) in [7, 11) is 0. The standard InChI is InChI=1S/C16H15N2O4/c1-2-6-16(12-7-4-3-5-8-12)13-9-14(17(19)20)11-15(10-13)18(21)22/h3-5,7-11H,2,6H2,1H3. The lowest BCUT2D eigenvalue weighted by Crippen LogP contribution is -2.04. The van der Waals surface area contributed by atoms with E-state index in [-0.39, 0.29) is 11.4 Å². The number of nitro groups is 2. The smallest absolute Gasteiger partial charge is 0.258 e. The lowest BCUT2D eigenvalue weighted by molar-refractivity contribution is -0.394. The van der Waals surface area contributed by atoms with E-state index in [4.69, 9.17) is 0 Å². The second kappa shape index (κ2) is 6.80. The summed E-state index contributed by atoms with van der Waals surface area (Å²) < 4.78 is 0. The van der Waals surface area contributed by atoms with Gasteiger partial charge in [-0.25, -0.2) is 0 Å². The van der Waals surface area contributed by atoms with Crippen molar-refractivity contribution >= 4 is 11.4 Å². The van der Waals surface area contributed by atoms with Gasteiger partial charge < -0.3 is 0 Å². The molecule has 0 amide bonds. The number of nitro benzene ring substituents is 2. The van der Waals surface area contributed by atoms with Gasteiger partial charge >= 0.3 is 0 Å². The summed E-state index contributed by atoms with van der Waals surface area (Å²) in [6.07, 6.45) is 1.52. The maximum absolute atomic E-state index is 11.0. The zero-order valence-electron chi connectivity index (χ0n) is 12.1. The van der Waals surface area contributed by atoms with Gasteiger partial charge in [0, 0.05) is 18.1 Å². The molecule has 0 aliphatic carbocycles. The summed E-state index contributed by atoms with van der Waals surface area (Å²) in [6, 6.07) is 13.2. The van der Waals surface area contributed by atoms with Crippen LogP contribution in [-0.2, 0) is 0 Å². The van der Waals surface area contributed by atoms with Crippen LogP contribution in [0, 0.1) is 26.1 Å². The zero-order chi connectivity index (χ0) is 16.1. The van der Waals surface area contributed by atoms with E-state index in [2.05, 4.69) is 0 Å². The van der Waals surface area contributed by atoms with Crippen molar-refractivity contribution in [2.24, 2.45) is 0 Å². The number of hydrogen-bond donors (Lipinski definition) is 0. The molecule has 0 unspecified atom stereocenters. The van der Waals surface area contributed by atoms with Crippen LogP contribution >= 0.6 is 0 Å². The maximum atomic E-state index is 11.0. The van der Waals surface area contributed by atoms with Gasteiger partial charge in [0.05, 0.1) is 15.9 Å². The molecule has 0 bridgehead atoms. The molecule has 0 N–H and O–H groups in total. The van der Waals surface area contributed by atoms with Crippen LogP contribution in [-0.4, -0.2) is 9.85 Å². The minimum atomic E-state index is -0.606. The van der Waals surface area contributed by atoms with Crippen LogP contribution in [0.3, 0.4) is 0 Å². The number of hydrogen-bond acceptors (Lipinski definition) is 4. The maximum Gasteiger partial charge on any atom is 0.276 e. The van der Waals surface area contributed by atoms with Gasteiger partial charge in [-0.2, -0.15) is 0 Å². The first-order valence-electron chi connectivity index (χ1n) is 6.88. The molecule has 0 spiro atoms. The van der Waals surface area contributed by atoms with E-state index in [1.807, 2.05) is 37.3 Å². The topological polar surface area (TPSA) is 86.3 Å². The predicted molar refractivity (Wildman–Crippen MR) is 82.5 cm³/mol. The molecule has 22 heavy (non-hydrogen) atoms. The Hall–Kier alpha value is -2.76. The third kappa shape index (κ3) is 3.46. The van der Waals surface area contributed by atoms with Crippen molar-refractivity contribution in [3.63, 3.8) is 0 Å². The summed E-state index contributed by atoms with van der Waals surface area (Å²) in [6.45, 7) is 1.99. The Labute approximate surface area is 127 Å². The Morgan fingerprint density at radius 3 is 1.91 bits per heavy atom. The third-order valence-corrected chi connectivity index (χ3v) is 3.29. The van der Waals surface area contributed by atoms with Crippen molar-refractivity contribution in [3.8, 4) is 0 Å². The summed E-state index contributed by atoms with van der Waals surface area (Å²) >= 11 is 0. The number of nitrogens with zero attached hydrogens (tertiary/aromatic N) is 2. The molecule has 113 valence electrons. The first-order chi connectivity index (χ1) is 10.5. The lowest BCUT2D eigenvalue weighted by Gasteiger charge is -2.16. The van der Waals surface area contributed by atoms with Crippen molar-refractivity contribution in [1.82, 2.24) is 0 Å². The summed E-state index contributed by atoms with van der Waals surface area (Å²) in [5.74, 6) is 0.870. The van der Waals surface area contributed by atoms with E-state index >= 15 is 0 Å². The Bertz CT molecular complexity index is 654. The molecule has 2 aromatic carbocycles. The average Bonchev–Trinajstić information content (AvgIpc) is 2.52. The van der Waals surface area contributed by atoms with Crippen LogP contribution in [0.25, 0.3) is 0 Å². The molecular formula is C16H15N2O4. The molecule has 0 aliphatic rings. The SMILES string of the molecule is CCC[C](c1ccccc1)c1cc([N+](=O)[O-])cc([N+](=O)[O-])c1. The number of benzene rings is 2. The first-order valence-corrected chi connectivity index (χ1v) is 6.88. The van der Waals surface area contributed by atoms with Gasteiger partial charge in [-0.1, -0.05) is 43.7 Å². The highest BCUT2D eigenvalue weighted by Crippen LogP contribution is 2.33. The Kier molecular flexibility index (Phi) is 4.83. The van der Waals surface area contributed by atoms with Crippen LogP contribution in [0.15, 0.2) is 48.5 Å². The Balaban J connectivity index is 2.55. The normalized spacial score (nSPS) is 10.6. The first kappa shape index (κ1) is 15.6. The molecule has 0 aromatic heterocycles. The van der Waals surface area contributed by atoms with Gasteiger partial charge in [0.1, 0.15) is 0 Å². The second-order valence-electron chi connectivity index (χ2n) is 4.85. The predicted octanol–water partition coefficient (Wildman–Crippen LogP) is 4.27. The van der Waals surface area contributed by atoms with Crippen molar-refractivity contribution in [2.45, 2.75) is 19.8 Å². The van der Waals surface area contributed by atoms with Crippen LogP contribution in [0.4, 0.5) is 11.4 Å². The third-order valence-electron chi connectivity index (χ3n) is 3.29. The minimum Gasteiger partial charge on any atom is -0.258 e. The quantitative estimate of drug-likeness (QED) is 0.588. The van der Waals surface area contributed by atoms with Crippen LogP contribution in [0.1, 0.15) is 30.9 Å². The number of non-ortho nitro benzene ring substituents is 2. The number of rotatable bonds is 6. The molecular weight excluding hydrogens is 284 g/mol. The fourth-order valence-electron chi connectivity index (χ4n) is 2.32. The highest BCUT2D eigenvalue weighted by atomic mass is 16.6. The lowest BCUT2D eigenvalue weighted by atomic mass is 9.87. The molecule has 0 aliphatic heterocycles. The summed E-state index contributed by atoms with van der Waals surface area (Å²) in [5, 5.41) is 22.0. The van der Waals surface area contributed by atoms with E-state index in [0.717, 1.165) is 24.0 Å². The van der Waals surface area contributed by atoms with Crippen molar-refractivity contribution < 1.29 is 9.85 Å². The van der Waals surface area contributed by atoms with Crippen LogP contribution < -0.4 is 0 Å². The summed E-state index contributed by atoms with van der Waals surface area (Å²) in [5.41, 5.74) is 0.899. The van der Waals surface area contributed by atoms with E-state index in [1.165, 1.54) is 12.1 Å². The fraction of sp³-hybridized carbons (Fsp3) is 0.188. The van der Waals surface area contributed by atoms with Crippen molar-refractivity contribution in [1.29, 1.82) is 0 Å². The highest BCUT2D eigenvalue weighted by Gasteiger charge is 2.22. The van der Waals surface area contributed by atoms with Gasteiger partial charge in [-0.05, 0) is 17.5 Å². The van der Waals surface area contributed by atoms with E-state index in [0.29, 0.717) is 12.0 Å². The largest absolute Gasteiger partial charge is 0.276 e. The molecule has 2 aromatic rings. The van der Waals surface area contributed by atoms with E-state index < -0.39 is 9.85 Å². The second-order valence-corrected chi connectivity index (χ2v) is 4.85. The van der Waals surface area contributed by atoms with Crippen molar-refractivity contribution in [2.75, 3.05) is 0 Å². The van der Waals surface area contributed by atoms with E-state index in [9.17, 15) is 20.2 Å². The van der Waals surface area contributed by atoms with Gasteiger partial charge in [0.25, 0.3) is 11.4 Å². The molecule has 0 fully saturated rings. The van der Waals surface area contributed by atoms with Crippen molar-refractivity contribution in [3.05, 3.63) is 85.8 Å². The van der Waals surface area contributed by atoms with Crippen LogP contribution in [0.5, 0.6) is 0 Å². The highest BCUT2D eigenvalue weighted by molar-refractivity contribution is 5.55. The molecule has 1 radical (unpaired) electrons. The molecule has 0 atom stereocenters. The average molecular weight is 299 g/mol. The fourth-order valence-corrected chi connectivity index (χ4v) is 2.32. The molecule has 0 heterocycles. The molecule has 0 saturated carbocycles. The zero-order valence-corrected chi connectivity index (χ0v) is 12.1. The molecule has 0 saturated heterocycles. The minimum absolute atomic E-state index is 0.270.